The highest BCUT2D eigenvalue weighted by Crippen LogP contribution is 2.43. The van der Waals surface area contributed by atoms with Gasteiger partial charge in [-0.15, -0.1) is 5.10 Å². The van der Waals surface area contributed by atoms with Crippen LogP contribution < -0.4 is 10.1 Å². The van der Waals surface area contributed by atoms with Crippen LogP contribution in [0.4, 0.5) is 4.39 Å². The number of hydrazone groups is 1. The molecule has 0 bridgehead atoms. The van der Waals surface area contributed by atoms with Crippen molar-refractivity contribution in [3.05, 3.63) is 64.4 Å². The highest BCUT2D eigenvalue weighted by molar-refractivity contribution is 8.14. The summed E-state index contributed by atoms with van der Waals surface area (Å²) in [5.74, 6) is -0.527. The van der Waals surface area contributed by atoms with Crippen LogP contribution in [0.3, 0.4) is 0 Å². The van der Waals surface area contributed by atoms with E-state index in [1.165, 1.54) is 36.7 Å². The summed E-state index contributed by atoms with van der Waals surface area (Å²) in [6.45, 7) is 2.74. The summed E-state index contributed by atoms with van der Waals surface area (Å²) in [6.07, 6.45) is 0. The number of hydrogen-bond acceptors (Lipinski definition) is 5. The quantitative estimate of drug-likeness (QED) is 0.808. The maximum Gasteiger partial charge on any atom is 0.241 e. The summed E-state index contributed by atoms with van der Waals surface area (Å²) in [5.41, 5.74) is 0.995. The lowest BCUT2D eigenvalue weighted by Crippen LogP contribution is -2.25. The molecule has 1 aliphatic heterocycles. The van der Waals surface area contributed by atoms with Crippen LogP contribution in [0.25, 0.3) is 0 Å². The minimum atomic E-state index is -0.575. The van der Waals surface area contributed by atoms with E-state index in [-0.39, 0.29) is 24.2 Å². The molecule has 9 heteroatoms. The van der Waals surface area contributed by atoms with Crippen molar-refractivity contribution in [2.24, 2.45) is 5.10 Å². The summed E-state index contributed by atoms with van der Waals surface area (Å²) in [5, 5.41) is 8.16. The predicted octanol–water partition coefficient (Wildman–Crippen LogP) is 4.06. The van der Waals surface area contributed by atoms with Gasteiger partial charge in [-0.3, -0.25) is 9.59 Å². The van der Waals surface area contributed by atoms with E-state index in [0.717, 1.165) is 0 Å². The monoisotopic (exact) mass is 421 g/mol. The Morgan fingerprint density at radius 3 is 2.71 bits per heavy atom. The first-order chi connectivity index (χ1) is 13.3. The van der Waals surface area contributed by atoms with Crippen LogP contribution in [-0.2, 0) is 16.2 Å². The molecule has 1 aliphatic rings. The first-order valence-electron chi connectivity index (χ1n) is 8.33. The molecule has 0 fully saturated rings. The zero-order chi connectivity index (χ0) is 20.3. The minimum absolute atomic E-state index is 0.0121. The van der Waals surface area contributed by atoms with Crippen LogP contribution in [0.1, 0.15) is 30.3 Å². The van der Waals surface area contributed by atoms with Gasteiger partial charge in [-0.05, 0) is 24.3 Å². The Morgan fingerprint density at radius 2 is 2.04 bits per heavy atom. The van der Waals surface area contributed by atoms with Crippen LogP contribution in [0.15, 0.2) is 47.6 Å². The molecule has 0 unspecified atom stereocenters. The molecule has 0 saturated carbocycles. The third kappa shape index (κ3) is 4.63. The number of thioether (sulfide) groups is 1. The molecule has 1 atom stereocenters. The van der Waals surface area contributed by atoms with Gasteiger partial charge in [-0.25, -0.2) is 9.40 Å². The van der Waals surface area contributed by atoms with Gasteiger partial charge < -0.3 is 10.1 Å². The molecule has 1 N–H and O–H groups in total. The molecular formula is C19H17ClFN3O3S. The highest BCUT2D eigenvalue weighted by Gasteiger charge is 2.34. The lowest BCUT2D eigenvalue weighted by atomic mass is 10.2. The van der Waals surface area contributed by atoms with Gasteiger partial charge in [-0.1, -0.05) is 41.6 Å². The number of carbonyl (C=O) groups is 2. The molecule has 0 aromatic heterocycles. The second kappa shape index (κ2) is 8.62. The topological polar surface area (TPSA) is 71.0 Å². The van der Waals surface area contributed by atoms with Crippen molar-refractivity contribution in [1.29, 1.82) is 0 Å². The number of amidine groups is 1. The molecule has 1 heterocycles. The average Bonchev–Trinajstić information content (AvgIpc) is 3.05. The average molecular weight is 422 g/mol. The Hall–Kier alpha value is -2.58. The van der Waals surface area contributed by atoms with Gasteiger partial charge in [0.1, 0.15) is 23.5 Å². The van der Waals surface area contributed by atoms with Gasteiger partial charge in [0.05, 0.1) is 0 Å². The van der Waals surface area contributed by atoms with E-state index in [0.29, 0.717) is 27.1 Å². The molecule has 6 nitrogen and oxygen atoms in total. The maximum atomic E-state index is 13.9. The third-order valence-electron chi connectivity index (χ3n) is 3.83. The number of carbonyl (C=O) groups excluding carboxylic acids is 2. The lowest BCUT2D eigenvalue weighted by Gasteiger charge is -2.22. The second-order valence-electron chi connectivity index (χ2n) is 5.98. The molecule has 0 spiro atoms. The fraction of sp³-hybridized carbons (Fsp3) is 0.211. The number of hydrogen-bond donors (Lipinski definition) is 1. The summed E-state index contributed by atoms with van der Waals surface area (Å²) >= 11 is 7.34. The first kappa shape index (κ1) is 20.2. The van der Waals surface area contributed by atoms with Crippen molar-refractivity contribution in [2.45, 2.75) is 25.8 Å². The molecule has 146 valence electrons. The van der Waals surface area contributed by atoms with Crippen LogP contribution in [-0.4, -0.2) is 22.0 Å². The molecule has 2 aromatic carbocycles. The molecule has 0 saturated heterocycles. The third-order valence-corrected chi connectivity index (χ3v) is 5.15. The van der Waals surface area contributed by atoms with Crippen molar-refractivity contribution < 1.29 is 18.7 Å². The maximum absolute atomic E-state index is 13.9. The van der Waals surface area contributed by atoms with E-state index in [9.17, 15) is 14.0 Å². The molecule has 3 rings (SSSR count). The van der Waals surface area contributed by atoms with E-state index >= 15 is 0 Å². The standard InChI is InChI=1S/C19H17ClFN3O3S/c1-11(25)22-19-23-24(12(2)26)18(28-19)15-9-14(20)7-8-17(15)27-10-13-5-3-4-6-16(13)21/h3-9,18H,10H2,1-2H3,(H,22,23,25)/t18-/m1/s1. The normalized spacial score (nSPS) is 15.9. The summed E-state index contributed by atoms with van der Waals surface area (Å²) < 4.78 is 19.7. The number of amides is 2. The Balaban J connectivity index is 1.88. The van der Waals surface area contributed by atoms with Gasteiger partial charge in [0.15, 0.2) is 5.17 Å². The summed E-state index contributed by atoms with van der Waals surface area (Å²) in [7, 11) is 0. The Labute approximate surface area is 170 Å². The zero-order valence-electron chi connectivity index (χ0n) is 15.1. The van der Waals surface area contributed by atoms with Crippen molar-refractivity contribution in [3.63, 3.8) is 0 Å². The highest BCUT2D eigenvalue weighted by atomic mass is 35.5. The van der Waals surface area contributed by atoms with Crippen molar-refractivity contribution in [1.82, 2.24) is 10.3 Å². The van der Waals surface area contributed by atoms with Crippen LogP contribution >= 0.6 is 23.4 Å². The van der Waals surface area contributed by atoms with Crippen molar-refractivity contribution in [3.8, 4) is 5.75 Å². The van der Waals surface area contributed by atoms with E-state index in [1.54, 1.807) is 36.4 Å². The Morgan fingerprint density at radius 1 is 1.29 bits per heavy atom. The first-order valence-corrected chi connectivity index (χ1v) is 9.59. The van der Waals surface area contributed by atoms with Crippen LogP contribution in [0, 0.1) is 5.82 Å². The predicted molar refractivity (Wildman–Crippen MR) is 106 cm³/mol. The van der Waals surface area contributed by atoms with Crippen molar-refractivity contribution in [2.75, 3.05) is 0 Å². The lowest BCUT2D eigenvalue weighted by molar-refractivity contribution is -0.129. The van der Waals surface area contributed by atoms with Crippen molar-refractivity contribution >= 4 is 40.3 Å². The van der Waals surface area contributed by atoms with E-state index < -0.39 is 5.37 Å². The van der Waals surface area contributed by atoms with Gasteiger partial charge in [0.2, 0.25) is 11.8 Å². The Bertz CT molecular complexity index is 954. The number of rotatable bonds is 4. The number of ether oxygens (including phenoxy) is 1. The van der Waals surface area contributed by atoms with E-state index in [4.69, 9.17) is 16.3 Å². The van der Waals surface area contributed by atoms with E-state index in [2.05, 4.69) is 10.4 Å². The number of halogens is 2. The molecule has 2 aromatic rings. The van der Waals surface area contributed by atoms with Gasteiger partial charge in [0, 0.05) is 30.0 Å². The summed E-state index contributed by atoms with van der Waals surface area (Å²) in [4.78, 5) is 23.4. The van der Waals surface area contributed by atoms with E-state index in [1.807, 2.05) is 0 Å². The van der Waals surface area contributed by atoms with Crippen LogP contribution in [0.2, 0.25) is 5.02 Å². The number of benzene rings is 2. The van der Waals surface area contributed by atoms with Gasteiger partial charge >= 0.3 is 0 Å². The second-order valence-corrected chi connectivity index (χ2v) is 7.49. The molecule has 2 amide bonds. The van der Waals surface area contributed by atoms with Gasteiger partial charge in [-0.2, -0.15) is 0 Å². The molecular weight excluding hydrogens is 405 g/mol. The number of nitrogens with zero attached hydrogens (tertiary/aromatic N) is 2. The summed E-state index contributed by atoms with van der Waals surface area (Å²) in [6, 6.07) is 11.3. The van der Waals surface area contributed by atoms with Gasteiger partial charge in [0.25, 0.3) is 0 Å². The fourth-order valence-corrected chi connectivity index (χ4v) is 3.92. The number of nitrogens with one attached hydrogen (secondary N) is 1. The Kier molecular flexibility index (Phi) is 6.21. The minimum Gasteiger partial charge on any atom is -0.488 e. The molecule has 0 radical (unpaired) electrons. The smallest absolute Gasteiger partial charge is 0.241 e. The largest absolute Gasteiger partial charge is 0.488 e. The SMILES string of the molecule is CC(=O)NC1=NN(C(C)=O)[C@@H](c2cc(Cl)ccc2OCc2ccccc2F)S1. The molecule has 0 aliphatic carbocycles. The fourth-order valence-electron chi connectivity index (χ4n) is 2.58. The molecule has 28 heavy (non-hydrogen) atoms. The zero-order valence-corrected chi connectivity index (χ0v) is 16.7. The van der Waals surface area contributed by atoms with Crippen LogP contribution in [0.5, 0.6) is 5.75 Å².